The van der Waals surface area contributed by atoms with Gasteiger partial charge in [0, 0.05) is 17.6 Å². The molecule has 1 aromatic heterocycles. The minimum atomic E-state index is -0.355. The Hall–Kier alpha value is -2.91. The molecule has 2 N–H and O–H groups in total. The molecule has 0 bridgehead atoms. The maximum atomic E-state index is 12.9. The lowest BCUT2D eigenvalue weighted by Crippen LogP contribution is -2.27. The largest absolute Gasteiger partial charge is 0.496 e. The smallest absolute Gasteiger partial charge is 0.234 e. The van der Waals surface area contributed by atoms with Crippen LogP contribution in [0.25, 0.3) is 0 Å². The third-order valence-corrected chi connectivity index (χ3v) is 6.31. The number of anilines is 1. The summed E-state index contributed by atoms with van der Waals surface area (Å²) in [6.07, 6.45) is 0.863. The number of halogens is 1. The molecule has 0 saturated heterocycles. The van der Waals surface area contributed by atoms with Crippen LogP contribution in [0.4, 0.5) is 10.1 Å². The molecular weight excluding hydrogens is 437 g/mol. The number of thiazole rings is 1. The number of para-hydroxylation sites is 1. The first kappa shape index (κ1) is 22.8. The van der Waals surface area contributed by atoms with Gasteiger partial charge in [-0.2, -0.15) is 0 Å². The average Bonchev–Trinajstić information content (AvgIpc) is 3.21. The van der Waals surface area contributed by atoms with Crippen LogP contribution in [0, 0.1) is 5.82 Å². The van der Waals surface area contributed by atoms with E-state index < -0.39 is 0 Å². The fourth-order valence-corrected chi connectivity index (χ4v) is 4.41. The number of methoxy groups -OCH3 is 1. The molecule has 9 heteroatoms. The van der Waals surface area contributed by atoms with Crippen LogP contribution in [0.3, 0.4) is 0 Å². The summed E-state index contributed by atoms with van der Waals surface area (Å²) < 4.78 is 18.9. The first-order valence-corrected chi connectivity index (χ1v) is 11.4. The van der Waals surface area contributed by atoms with Gasteiger partial charge in [0.05, 0.1) is 25.0 Å². The van der Waals surface area contributed by atoms with E-state index in [0.717, 1.165) is 11.3 Å². The molecule has 2 aromatic carbocycles. The van der Waals surface area contributed by atoms with Crippen molar-refractivity contribution in [1.82, 2.24) is 10.3 Å². The van der Waals surface area contributed by atoms with Crippen molar-refractivity contribution < 1.29 is 18.7 Å². The predicted molar refractivity (Wildman–Crippen MR) is 121 cm³/mol. The number of hydrogen-bond donors (Lipinski definition) is 2. The number of amides is 2. The summed E-state index contributed by atoms with van der Waals surface area (Å²) in [5, 5.41) is 7.41. The minimum Gasteiger partial charge on any atom is -0.496 e. The molecule has 0 radical (unpaired) electrons. The lowest BCUT2D eigenvalue weighted by Gasteiger charge is -2.08. The Kier molecular flexibility index (Phi) is 8.43. The number of benzene rings is 2. The number of nitrogens with zero attached hydrogens (tertiary/aromatic N) is 1. The van der Waals surface area contributed by atoms with Crippen LogP contribution >= 0.6 is 23.1 Å². The molecular formula is C22H22FN3O3S2. The molecule has 0 aliphatic rings. The highest BCUT2D eigenvalue weighted by Gasteiger charge is 2.11. The molecule has 6 nitrogen and oxygen atoms in total. The number of carbonyl (C=O) groups excluding carboxylic acids is 2. The van der Waals surface area contributed by atoms with Crippen molar-refractivity contribution in [2.45, 2.75) is 17.2 Å². The van der Waals surface area contributed by atoms with Gasteiger partial charge >= 0.3 is 0 Å². The maximum Gasteiger partial charge on any atom is 0.234 e. The Labute approximate surface area is 188 Å². The number of thioether (sulfide) groups is 1. The molecule has 0 spiro atoms. The molecule has 1 heterocycles. The zero-order valence-electron chi connectivity index (χ0n) is 16.9. The van der Waals surface area contributed by atoms with Gasteiger partial charge in [-0.1, -0.05) is 30.0 Å². The second-order valence-electron chi connectivity index (χ2n) is 6.54. The van der Waals surface area contributed by atoms with E-state index in [1.165, 1.54) is 47.4 Å². The molecule has 2 amide bonds. The zero-order chi connectivity index (χ0) is 22.1. The summed E-state index contributed by atoms with van der Waals surface area (Å²) in [6, 6.07) is 13.3. The minimum absolute atomic E-state index is 0.106. The maximum absolute atomic E-state index is 12.9. The van der Waals surface area contributed by atoms with Crippen molar-refractivity contribution in [2.75, 3.05) is 24.7 Å². The van der Waals surface area contributed by atoms with E-state index in [4.69, 9.17) is 4.74 Å². The summed E-state index contributed by atoms with van der Waals surface area (Å²) in [4.78, 5) is 28.6. The normalized spacial score (nSPS) is 10.5. The van der Waals surface area contributed by atoms with Gasteiger partial charge in [0.25, 0.3) is 0 Å². The molecule has 0 aliphatic heterocycles. The van der Waals surface area contributed by atoms with Crippen LogP contribution in [-0.4, -0.2) is 36.2 Å². The summed E-state index contributed by atoms with van der Waals surface area (Å²) >= 11 is 2.69. The van der Waals surface area contributed by atoms with Gasteiger partial charge in [0.15, 0.2) is 4.34 Å². The number of aromatic nitrogens is 1. The molecule has 0 saturated carbocycles. The standard InChI is InChI=1S/C22H22FN3O3S2/c1-29-19-5-3-2-4-15(19)10-11-24-20(27)12-18-13-30-22(26-18)31-14-21(28)25-17-8-6-16(23)7-9-17/h2-9,13H,10-12,14H2,1H3,(H,24,27)(H,25,28). The van der Waals surface area contributed by atoms with Crippen molar-refractivity contribution >= 4 is 40.6 Å². The second kappa shape index (κ2) is 11.5. The highest BCUT2D eigenvalue weighted by molar-refractivity contribution is 8.01. The van der Waals surface area contributed by atoms with Crippen molar-refractivity contribution in [2.24, 2.45) is 0 Å². The number of ether oxygens (including phenoxy) is 1. The predicted octanol–water partition coefficient (Wildman–Crippen LogP) is 3.92. The number of hydrogen-bond acceptors (Lipinski definition) is 6. The number of rotatable bonds is 10. The van der Waals surface area contributed by atoms with E-state index in [0.29, 0.717) is 28.7 Å². The third kappa shape index (κ3) is 7.37. The Balaban J connectivity index is 1.39. The SMILES string of the molecule is COc1ccccc1CCNC(=O)Cc1csc(SCC(=O)Nc2ccc(F)cc2)n1. The average molecular weight is 460 g/mol. The van der Waals surface area contributed by atoms with E-state index in [1.54, 1.807) is 7.11 Å². The van der Waals surface area contributed by atoms with Gasteiger partial charge in [0.2, 0.25) is 11.8 Å². The first-order valence-electron chi connectivity index (χ1n) is 9.54. The Morgan fingerprint density at radius 1 is 1.13 bits per heavy atom. The monoisotopic (exact) mass is 459 g/mol. The van der Waals surface area contributed by atoms with Gasteiger partial charge in [0.1, 0.15) is 11.6 Å². The molecule has 31 heavy (non-hydrogen) atoms. The molecule has 0 fully saturated rings. The summed E-state index contributed by atoms with van der Waals surface area (Å²) in [6.45, 7) is 0.508. The second-order valence-corrected chi connectivity index (χ2v) is 8.62. The first-order chi connectivity index (χ1) is 15.0. The van der Waals surface area contributed by atoms with Crippen molar-refractivity contribution in [3.05, 3.63) is 71.0 Å². The zero-order valence-corrected chi connectivity index (χ0v) is 18.5. The lowest BCUT2D eigenvalue weighted by molar-refractivity contribution is -0.120. The molecule has 0 unspecified atom stereocenters. The topological polar surface area (TPSA) is 80.3 Å². The molecule has 3 rings (SSSR count). The summed E-state index contributed by atoms with van der Waals surface area (Å²) in [7, 11) is 1.63. The van der Waals surface area contributed by atoms with E-state index >= 15 is 0 Å². The summed E-state index contributed by atoms with van der Waals surface area (Å²) in [5.41, 5.74) is 2.24. The number of carbonyl (C=O) groups is 2. The molecule has 3 aromatic rings. The van der Waals surface area contributed by atoms with E-state index in [-0.39, 0.29) is 29.8 Å². The fraction of sp³-hybridized carbons (Fsp3) is 0.227. The Morgan fingerprint density at radius 2 is 1.90 bits per heavy atom. The third-order valence-electron chi connectivity index (χ3n) is 4.24. The van der Waals surface area contributed by atoms with Gasteiger partial charge in [-0.25, -0.2) is 9.37 Å². The van der Waals surface area contributed by atoms with Crippen molar-refractivity contribution in [3.8, 4) is 5.75 Å². The number of nitrogens with one attached hydrogen (secondary N) is 2. The van der Waals surface area contributed by atoms with Crippen LogP contribution < -0.4 is 15.4 Å². The Bertz CT molecular complexity index is 1020. The quantitative estimate of drug-likeness (QED) is 0.449. The van der Waals surface area contributed by atoms with Gasteiger partial charge in [-0.05, 0) is 42.3 Å². The molecule has 0 atom stereocenters. The van der Waals surface area contributed by atoms with Crippen LogP contribution in [0.1, 0.15) is 11.3 Å². The van der Waals surface area contributed by atoms with Crippen LogP contribution in [0.15, 0.2) is 58.3 Å². The Morgan fingerprint density at radius 3 is 2.68 bits per heavy atom. The highest BCUT2D eigenvalue weighted by atomic mass is 32.2. The van der Waals surface area contributed by atoms with Crippen molar-refractivity contribution in [3.63, 3.8) is 0 Å². The van der Waals surface area contributed by atoms with E-state index in [9.17, 15) is 14.0 Å². The van der Waals surface area contributed by atoms with Gasteiger partial charge < -0.3 is 15.4 Å². The van der Waals surface area contributed by atoms with E-state index in [1.807, 2.05) is 29.6 Å². The molecule has 0 aliphatic carbocycles. The van der Waals surface area contributed by atoms with Crippen molar-refractivity contribution in [1.29, 1.82) is 0 Å². The van der Waals surface area contributed by atoms with Gasteiger partial charge in [-0.15, -0.1) is 11.3 Å². The van der Waals surface area contributed by atoms with E-state index in [2.05, 4.69) is 15.6 Å². The fourth-order valence-electron chi connectivity index (χ4n) is 2.77. The van der Waals surface area contributed by atoms with Crippen LogP contribution in [0.5, 0.6) is 5.75 Å². The van der Waals surface area contributed by atoms with Crippen LogP contribution in [0.2, 0.25) is 0 Å². The van der Waals surface area contributed by atoms with Crippen LogP contribution in [-0.2, 0) is 22.4 Å². The lowest BCUT2D eigenvalue weighted by atomic mass is 10.1. The van der Waals surface area contributed by atoms with Gasteiger partial charge in [-0.3, -0.25) is 9.59 Å². The highest BCUT2D eigenvalue weighted by Crippen LogP contribution is 2.23. The summed E-state index contributed by atoms with van der Waals surface area (Å²) in [5.74, 6) is 0.316. The molecule has 162 valence electrons.